The number of thiocarbonyl (C=S) groups is 1. The molecule has 86 valence electrons. The molecule has 0 saturated carbocycles. The van der Waals surface area contributed by atoms with Gasteiger partial charge in [-0.2, -0.15) is 4.99 Å². The van der Waals surface area contributed by atoms with E-state index >= 15 is 0 Å². The fraction of sp³-hybridized carbons (Fsp3) is 0.200. The van der Waals surface area contributed by atoms with E-state index in [1.54, 1.807) is 26.1 Å². The second-order valence-electron chi connectivity index (χ2n) is 3.11. The average molecular weight is 240 g/mol. The van der Waals surface area contributed by atoms with Crippen molar-refractivity contribution in [1.29, 1.82) is 0 Å². The van der Waals surface area contributed by atoms with Crippen LogP contribution < -0.4 is 16.4 Å². The molecule has 0 atom stereocenters. The fourth-order valence-corrected chi connectivity index (χ4v) is 1.21. The summed E-state index contributed by atoms with van der Waals surface area (Å²) in [6, 6.07) is 4.75. The number of aliphatic imine (C=N–C) groups is 1. The van der Waals surface area contributed by atoms with Crippen LogP contribution in [0.3, 0.4) is 0 Å². The van der Waals surface area contributed by atoms with E-state index in [2.05, 4.69) is 15.6 Å². The Morgan fingerprint density at radius 3 is 2.75 bits per heavy atom. The van der Waals surface area contributed by atoms with E-state index in [-0.39, 0.29) is 16.9 Å². The predicted octanol–water partition coefficient (Wildman–Crippen LogP) is 1.37. The number of anilines is 1. The molecule has 6 heteroatoms. The smallest absolute Gasteiger partial charge is 0.200 e. The number of benzene rings is 1. The van der Waals surface area contributed by atoms with E-state index in [0.717, 1.165) is 5.56 Å². The van der Waals surface area contributed by atoms with Crippen LogP contribution in [-0.4, -0.2) is 18.1 Å². The summed E-state index contributed by atoms with van der Waals surface area (Å²) in [6.45, 7) is 1.77. The lowest BCUT2D eigenvalue weighted by molar-refractivity contribution is 0.631. The predicted molar refractivity (Wildman–Crippen MR) is 68.0 cm³/mol. The van der Waals surface area contributed by atoms with Crippen LogP contribution in [-0.2, 0) is 0 Å². The number of halogens is 1. The molecule has 0 bridgehead atoms. The maximum absolute atomic E-state index is 13.4. The van der Waals surface area contributed by atoms with Crippen molar-refractivity contribution in [1.82, 2.24) is 5.32 Å². The van der Waals surface area contributed by atoms with Crippen molar-refractivity contribution < 1.29 is 4.39 Å². The van der Waals surface area contributed by atoms with Gasteiger partial charge in [0.05, 0.1) is 5.69 Å². The van der Waals surface area contributed by atoms with Crippen LogP contribution in [0.5, 0.6) is 0 Å². The van der Waals surface area contributed by atoms with Gasteiger partial charge in [0.15, 0.2) is 5.11 Å². The summed E-state index contributed by atoms with van der Waals surface area (Å²) in [7, 11) is 1.63. The third kappa shape index (κ3) is 3.16. The molecule has 0 heterocycles. The summed E-state index contributed by atoms with van der Waals surface area (Å²) < 4.78 is 13.4. The van der Waals surface area contributed by atoms with Gasteiger partial charge in [-0.3, -0.25) is 0 Å². The van der Waals surface area contributed by atoms with Crippen LogP contribution in [0, 0.1) is 12.7 Å². The van der Waals surface area contributed by atoms with E-state index in [4.69, 9.17) is 18.0 Å². The lowest BCUT2D eigenvalue weighted by atomic mass is 10.2. The number of guanidine groups is 1. The van der Waals surface area contributed by atoms with Crippen LogP contribution in [0.15, 0.2) is 23.2 Å². The number of aryl methyl sites for hydroxylation is 1. The molecule has 0 amide bonds. The largest absolute Gasteiger partial charge is 0.369 e. The number of nitrogens with zero attached hydrogens (tertiary/aromatic N) is 1. The molecule has 0 aromatic heterocycles. The minimum Gasteiger partial charge on any atom is -0.369 e. The van der Waals surface area contributed by atoms with E-state index in [9.17, 15) is 4.39 Å². The van der Waals surface area contributed by atoms with Gasteiger partial charge in [-0.25, -0.2) is 4.39 Å². The second-order valence-corrected chi connectivity index (χ2v) is 3.50. The quantitative estimate of drug-likeness (QED) is 0.394. The van der Waals surface area contributed by atoms with Crippen molar-refractivity contribution in [2.45, 2.75) is 6.92 Å². The minimum absolute atomic E-state index is 0.0487. The molecule has 0 spiro atoms. The zero-order valence-corrected chi connectivity index (χ0v) is 9.86. The number of hydrogen-bond donors (Lipinski definition) is 3. The number of hydrogen-bond acceptors (Lipinski definition) is 1. The van der Waals surface area contributed by atoms with Crippen molar-refractivity contribution in [3.05, 3.63) is 29.6 Å². The first-order valence-electron chi connectivity index (χ1n) is 4.62. The van der Waals surface area contributed by atoms with Gasteiger partial charge in [-0.15, -0.1) is 0 Å². The summed E-state index contributed by atoms with van der Waals surface area (Å²) in [5, 5.41) is 5.55. The van der Waals surface area contributed by atoms with Gasteiger partial charge < -0.3 is 16.4 Å². The second kappa shape index (κ2) is 5.41. The van der Waals surface area contributed by atoms with E-state index < -0.39 is 0 Å². The maximum Gasteiger partial charge on any atom is 0.200 e. The third-order valence-electron chi connectivity index (χ3n) is 1.91. The molecule has 0 aliphatic carbocycles. The Labute approximate surface area is 98.8 Å². The van der Waals surface area contributed by atoms with Crippen molar-refractivity contribution in [2.75, 3.05) is 12.4 Å². The first-order valence-corrected chi connectivity index (χ1v) is 5.03. The molecule has 4 N–H and O–H groups in total. The molecule has 1 aromatic rings. The van der Waals surface area contributed by atoms with E-state index in [1.807, 2.05) is 0 Å². The number of rotatable bonds is 1. The van der Waals surface area contributed by atoms with Gasteiger partial charge in [0, 0.05) is 7.05 Å². The van der Waals surface area contributed by atoms with Gasteiger partial charge >= 0.3 is 0 Å². The highest BCUT2D eigenvalue weighted by atomic mass is 32.1. The van der Waals surface area contributed by atoms with Crippen molar-refractivity contribution in [3.8, 4) is 0 Å². The van der Waals surface area contributed by atoms with Gasteiger partial charge in [-0.1, -0.05) is 12.1 Å². The fourth-order valence-electron chi connectivity index (χ4n) is 1.11. The monoisotopic (exact) mass is 240 g/mol. The Morgan fingerprint density at radius 2 is 2.19 bits per heavy atom. The maximum atomic E-state index is 13.4. The van der Waals surface area contributed by atoms with Crippen molar-refractivity contribution in [3.63, 3.8) is 0 Å². The summed E-state index contributed by atoms with van der Waals surface area (Å²) in [5.41, 5.74) is 6.62. The SMILES string of the molecule is CNC(=S)N=C(N)Nc1c(C)cccc1F. The molecular weight excluding hydrogens is 227 g/mol. The Kier molecular flexibility index (Phi) is 4.19. The van der Waals surface area contributed by atoms with Crippen LogP contribution in [0.4, 0.5) is 10.1 Å². The number of nitrogens with one attached hydrogen (secondary N) is 2. The molecule has 0 aliphatic rings. The number of nitrogens with two attached hydrogens (primary N) is 1. The summed E-state index contributed by atoms with van der Waals surface area (Å²) in [5.74, 6) is -0.332. The van der Waals surface area contributed by atoms with Gasteiger partial charge in [0.2, 0.25) is 5.96 Å². The molecule has 0 radical (unpaired) electrons. The summed E-state index contributed by atoms with van der Waals surface area (Å²) >= 11 is 4.80. The lowest BCUT2D eigenvalue weighted by Gasteiger charge is -2.09. The standard InChI is InChI=1S/C10H13FN4S/c1-6-4-3-5-7(11)8(6)14-9(12)15-10(16)13-2/h3-5H,1-2H3,(H4,12,13,14,15,16). The van der Waals surface area contributed by atoms with Gasteiger partial charge in [0.25, 0.3) is 0 Å². The first kappa shape index (κ1) is 12.4. The summed E-state index contributed by atoms with van der Waals surface area (Å²) in [4.78, 5) is 3.81. The van der Waals surface area contributed by atoms with E-state index in [0.29, 0.717) is 5.69 Å². The van der Waals surface area contributed by atoms with E-state index in [1.165, 1.54) is 6.07 Å². The van der Waals surface area contributed by atoms with Crippen LogP contribution in [0.25, 0.3) is 0 Å². The molecule has 4 nitrogen and oxygen atoms in total. The molecule has 0 aliphatic heterocycles. The topological polar surface area (TPSA) is 62.4 Å². The Morgan fingerprint density at radius 1 is 1.50 bits per heavy atom. The Balaban J connectivity index is 2.89. The first-order chi connectivity index (χ1) is 7.54. The van der Waals surface area contributed by atoms with Crippen LogP contribution >= 0.6 is 12.2 Å². The molecule has 1 rings (SSSR count). The highest BCUT2D eigenvalue weighted by Crippen LogP contribution is 2.17. The van der Waals surface area contributed by atoms with Crippen molar-refractivity contribution >= 4 is 29.0 Å². The third-order valence-corrected chi connectivity index (χ3v) is 2.21. The van der Waals surface area contributed by atoms with Gasteiger partial charge in [-0.05, 0) is 30.8 Å². The Bertz CT molecular complexity index is 411. The molecule has 0 saturated heterocycles. The van der Waals surface area contributed by atoms with Crippen LogP contribution in [0.1, 0.15) is 5.56 Å². The highest BCUT2D eigenvalue weighted by Gasteiger charge is 2.05. The molecular formula is C10H13FN4S. The molecule has 0 unspecified atom stereocenters. The molecule has 0 fully saturated rings. The minimum atomic E-state index is -0.381. The molecule has 1 aromatic carbocycles. The van der Waals surface area contributed by atoms with Gasteiger partial charge in [0.1, 0.15) is 5.82 Å². The molecule has 16 heavy (non-hydrogen) atoms. The Hall–Kier alpha value is -1.69. The van der Waals surface area contributed by atoms with Crippen molar-refractivity contribution in [2.24, 2.45) is 10.7 Å². The lowest BCUT2D eigenvalue weighted by Crippen LogP contribution is -2.27. The summed E-state index contributed by atoms with van der Waals surface area (Å²) in [6.07, 6.45) is 0. The zero-order valence-electron chi connectivity index (χ0n) is 9.04. The number of para-hydroxylation sites is 1. The zero-order chi connectivity index (χ0) is 12.1. The highest BCUT2D eigenvalue weighted by molar-refractivity contribution is 7.80. The van der Waals surface area contributed by atoms with Crippen LogP contribution in [0.2, 0.25) is 0 Å². The normalized spacial score (nSPS) is 11.1. The average Bonchev–Trinajstić information content (AvgIpc) is 2.23.